The van der Waals surface area contributed by atoms with Crippen molar-refractivity contribution in [1.82, 2.24) is 10.2 Å². The molecule has 1 atom stereocenters. The van der Waals surface area contributed by atoms with Gasteiger partial charge in [0.2, 0.25) is 11.8 Å². The number of hydrogen-bond donors (Lipinski definition) is 1. The van der Waals surface area contributed by atoms with E-state index in [0.29, 0.717) is 17.0 Å². The zero-order valence-electron chi connectivity index (χ0n) is 19.7. The maximum absolute atomic E-state index is 14.4. The molecule has 0 aliphatic carbocycles. The van der Waals surface area contributed by atoms with Crippen LogP contribution in [0, 0.1) is 5.82 Å². The summed E-state index contributed by atoms with van der Waals surface area (Å²) in [5, 5.41) is 3.51. The lowest BCUT2D eigenvalue weighted by Crippen LogP contribution is -2.54. The van der Waals surface area contributed by atoms with Crippen LogP contribution in [-0.2, 0) is 29.0 Å². The molecule has 6 heteroatoms. The van der Waals surface area contributed by atoms with Crippen molar-refractivity contribution in [3.05, 3.63) is 106 Å². The molecular formula is C28H30ClFN2O2. The summed E-state index contributed by atoms with van der Waals surface area (Å²) in [6.45, 7) is 5.81. The second-order valence-corrected chi connectivity index (χ2v) is 9.73. The van der Waals surface area contributed by atoms with Crippen LogP contribution in [0.15, 0.2) is 78.9 Å². The fourth-order valence-electron chi connectivity index (χ4n) is 3.72. The summed E-state index contributed by atoms with van der Waals surface area (Å²) < 4.78 is 14.4. The molecule has 3 rings (SSSR count). The number of carbonyl (C=O) groups is 2. The highest BCUT2D eigenvalue weighted by Crippen LogP contribution is 2.22. The first-order chi connectivity index (χ1) is 16.1. The minimum atomic E-state index is -0.808. The van der Waals surface area contributed by atoms with Gasteiger partial charge in [-0.15, -0.1) is 0 Å². The van der Waals surface area contributed by atoms with Crippen molar-refractivity contribution < 1.29 is 14.0 Å². The molecule has 0 fully saturated rings. The summed E-state index contributed by atoms with van der Waals surface area (Å²) in [6, 6.07) is 22.1. The minimum absolute atomic E-state index is 0.127. The van der Waals surface area contributed by atoms with Gasteiger partial charge in [0, 0.05) is 23.5 Å². The van der Waals surface area contributed by atoms with Gasteiger partial charge in [-0.05, 0) is 49.6 Å². The molecule has 178 valence electrons. The number of nitrogens with zero attached hydrogens (tertiary/aromatic N) is 1. The summed E-state index contributed by atoms with van der Waals surface area (Å²) in [4.78, 5) is 28.6. The highest BCUT2D eigenvalue weighted by molar-refractivity contribution is 6.31. The SMILES string of the molecule is CC(C)(C)NC(=O)[C@@H](Cc1ccccc1)N(Cc1ccccc1Cl)C(=O)Cc1ccccc1F. The van der Waals surface area contributed by atoms with Gasteiger partial charge in [0.1, 0.15) is 11.9 Å². The summed E-state index contributed by atoms with van der Waals surface area (Å²) in [5.41, 5.74) is 1.43. The number of nitrogens with one attached hydrogen (secondary N) is 1. The topological polar surface area (TPSA) is 49.4 Å². The predicted molar refractivity (Wildman–Crippen MR) is 134 cm³/mol. The lowest BCUT2D eigenvalue weighted by Gasteiger charge is -2.34. The van der Waals surface area contributed by atoms with Crippen LogP contribution in [-0.4, -0.2) is 28.3 Å². The number of rotatable bonds is 8. The molecule has 0 unspecified atom stereocenters. The molecule has 3 aromatic rings. The predicted octanol–water partition coefficient (Wildman–Crippen LogP) is 5.58. The van der Waals surface area contributed by atoms with E-state index in [1.54, 1.807) is 24.3 Å². The Bertz CT molecular complexity index is 1130. The standard InChI is InChI=1S/C28H30ClFN2O2/c1-28(2,3)31-27(34)25(17-20-11-5-4-6-12-20)32(19-22-14-7-9-15-23(22)29)26(33)18-21-13-8-10-16-24(21)30/h4-16,25H,17-19H2,1-3H3,(H,31,34)/t25-/m1/s1. The van der Waals surface area contributed by atoms with E-state index < -0.39 is 17.4 Å². The van der Waals surface area contributed by atoms with Gasteiger partial charge in [-0.1, -0.05) is 78.3 Å². The fraction of sp³-hybridized carbons (Fsp3) is 0.286. The number of carbonyl (C=O) groups excluding carboxylic acids is 2. The molecule has 0 saturated heterocycles. The van der Waals surface area contributed by atoms with E-state index in [9.17, 15) is 14.0 Å². The zero-order chi connectivity index (χ0) is 24.7. The third kappa shape index (κ3) is 7.16. The number of hydrogen-bond acceptors (Lipinski definition) is 2. The Balaban J connectivity index is 2.01. The van der Waals surface area contributed by atoms with Crippen molar-refractivity contribution in [2.75, 3.05) is 0 Å². The van der Waals surface area contributed by atoms with Gasteiger partial charge in [0.15, 0.2) is 0 Å². The first-order valence-corrected chi connectivity index (χ1v) is 11.6. The van der Waals surface area contributed by atoms with E-state index in [1.165, 1.54) is 11.0 Å². The van der Waals surface area contributed by atoms with E-state index in [0.717, 1.165) is 5.56 Å². The Labute approximate surface area is 205 Å². The first kappa shape index (κ1) is 25.4. The zero-order valence-corrected chi connectivity index (χ0v) is 20.5. The monoisotopic (exact) mass is 480 g/mol. The molecule has 0 saturated carbocycles. The molecular weight excluding hydrogens is 451 g/mol. The Morgan fingerprint density at radius 2 is 1.50 bits per heavy atom. The average molecular weight is 481 g/mol. The molecule has 3 aromatic carbocycles. The third-order valence-electron chi connectivity index (χ3n) is 5.37. The summed E-state index contributed by atoms with van der Waals surface area (Å²) in [7, 11) is 0. The van der Waals surface area contributed by atoms with Crippen LogP contribution < -0.4 is 5.32 Å². The molecule has 0 aromatic heterocycles. The van der Waals surface area contributed by atoms with E-state index in [1.807, 2.05) is 69.3 Å². The molecule has 0 bridgehead atoms. The summed E-state index contributed by atoms with van der Waals surface area (Å²) in [5.74, 6) is -1.08. The largest absolute Gasteiger partial charge is 0.350 e. The molecule has 0 heterocycles. The highest BCUT2D eigenvalue weighted by Gasteiger charge is 2.32. The Hall–Kier alpha value is -3.18. The van der Waals surface area contributed by atoms with Gasteiger partial charge >= 0.3 is 0 Å². The molecule has 34 heavy (non-hydrogen) atoms. The van der Waals surface area contributed by atoms with Crippen LogP contribution in [0.4, 0.5) is 4.39 Å². The summed E-state index contributed by atoms with van der Waals surface area (Å²) in [6.07, 6.45) is 0.154. The number of halogens is 2. The second kappa shape index (κ2) is 11.3. The van der Waals surface area contributed by atoms with E-state index in [2.05, 4.69) is 5.32 Å². The van der Waals surface area contributed by atoms with Crippen molar-refractivity contribution in [1.29, 1.82) is 0 Å². The normalized spacial score (nSPS) is 12.1. The van der Waals surface area contributed by atoms with Crippen LogP contribution in [0.1, 0.15) is 37.5 Å². The number of benzene rings is 3. The fourth-order valence-corrected chi connectivity index (χ4v) is 3.92. The second-order valence-electron chi connectivity index (χ2n) is 9.33. The van der Waals surface area contributed by atoms with E-state index >= 15 is 0 Å². The van der Waals surface area contributed by atoms with Gasteiger partial charge in [0.25, 0.3) is 0 Å². The Morgan fingerprint density at radius 1 is 0.912 bits per heavy atom. The Morgan fingerprint density at radius 3 is 2.12 bits per heavy atom. The quantitative estimate of drug-likeness (QED) is 0.457. The highest BCUT2D eigenvalue weighted by atomic mass is 35.5. The van der Waals surface area contributed by atoms with Crippen molar-refractivity contribution >= 4 is 23.4 Å². The van der Waals surface area contributed by atoms with Crippen LogP contribution >= 0.6 is 11.6 Å². The van der Waals surface area contributed by atoms with Gasteiger partial charge in [0.05, 0.1) is 6.42 Å². The molecule has 0 aliphatic heterocycles. The molecule has 0 spiro atoms. The van der Waals surface area contributed by atoms with E-state index in [4.69, 9.17) is 11.6 Å². The lowest BCUT2D eigenvalue weighted by atomic mass is 9.99. The van der Waals surface area contributed by atoms with Crippen LogP contribution in [0.5, 0.6) is 0 Å². The summed E-state index contributed by atoms with van der Waals surface area (Å²) >= 11 is 6.41. The maximum Gasteiger partial charge on any atom is 0.243 e. The maximum atomic E-state index is 14.4. The molecule has 2 amide bonds. The number of amides is 2. The minimum Gasteiger partial charge on any atom is -0.350 e. The van der Waals surface area contributed by atoms with Gasteiger partial charge in [-0.2, -0.15) is 0 Å². The average Bonchev–Trinajstić information content (AvgIpc) is 2.78. The first-order valence-electron chi connectivity index (χ1n) is 11.3. The van der Waals surface area contributed by atoms with Crippen LogP contribution in [0.2, 0.25) is 5.02 Å². The van der Waals surface area contributed by atoms with Crippen molar-refractivity contribution in [3.63, 3.8) is 0 Å². The molecule has 1 N–H and O–H groups in total. The van der Waals surface area contributed by atoms with Crippen molar-refractivity contribution in [2.24, 2.45) is 0 Å². The lowest BCUT2D eigenvalue weighted by molar-refractivity contribution is -0.141. The van der Waals surface area contributed by atoms with Gasteiger partial charge in [-0.25, -0.2) is 4.39 Å². The Kier molecular flexibility index (Phi) is 8.46. The third-order valence-corrected chi connectivity index (χ3v) is 5.74. The smallest absolute Gasteiger partial charge is 0.243 e. The van der Waals surface area contributed by atoms with Gasteiger partial charge < -0.3 is 10.2 Å². The van der Waals surface area contributed by atoms with Crippen molar-refractivity contribution in [3.8, 4) is 0 Å². The van der Waals surface area contributed by atoms with Crippen molar-refractivity contribution in [2.45, 2.75) is 51.7 Å². The van der Waals surface area contributed by atoms with Crippen LogP contribution in [0.3, 0.4) is 0 Å². The molecule has 0 radical (unpaired) electrons. The molecule has 0 aliphatic rings. The molecule has 4 nitrogen and oxygen atoms in total. The van der Waals surface area contributed by atoms with Gasteiger partial charge in [-0.3, -0.25) is 9.59 Å². The van der Waals surface area contributed by atoms with Crippen LogP contribution in [0.25, 0.3) is 0 Å². The van der Waals surface area contributed by atoms with E-state index in [-0.39, 0.29) is 30.3 Å².